The van der Waals surface area contributed by atoms with Crippen LogP contribution in [0.2, 0.25) is 5.02 Å². The normalized spacial score (nSPS) is 12.1. The van der Waals surface area contributed by atoms with E-state index in [0.717, 1.165) is 0 Å². The van der Waals surface area contributed by atoms with Crippen molar-refractivity contribution in [3.8, 4) is 0 Å². The summed E-state index contributed by atoms with van der Waals surface area (Å²) >= 11 is 5.84. The Hall–Kier alpha value is -3.26. The Bertz CT molecular complexity index is 1290. The van der Waals surface area contributed by atoms with Crippen LogP contribution < -0.4 is 5.43 Å². The zero-order chi connectivity index (χ0) is 25.0. The lowest BCUT2D eigenvalue weighted by molar-refractivity contribution is -0.130. The fourth-order valence-corrected chi connectivity index (χ4v) is 4.00. The summed E-state index contributed by atoms with van der Waals surface area (Å²) in [6, 6.07) is 6.38. The highest BCUT2D eigenvalue weighted by Gasteiger charge is 2.24. The first-order chi connectivity index (χ1) is 16.2. The van der Waals surface area contributed by atoms with Crippen molar-refractivity contribution in [2.45, 2.75) is 33.2 Å². The van der Waals surface area contributed by atoms with Crippen LogP contribution in [0.5, 0.6) is 0 Å². The molecule has 0 saturated carbocycles. The number of hydrogen-bond donors (Lipinski definition) is 0. The van der Waals surface area contributed by atoms with E-state index in [9.17, 15) is 18.8 Å². The maximum absolute atomic E-state index is 15.2. The summed E-state index contributed by atoms with van der Waals surface area (Å²) in [5.41, 5.74) is -0.455. The number of carbonyl (C=O) groups excluding carboxylic acids is 2. The molecule has 1 atom stereocenters. The largest absolute Gasteiger partial charge is 0.466 e. The molecular formula is C25H24ClF2NO5. The molecule has 34 heavy (non-hydrogen) atoms. The summed E-state index contributed by atoms with van der Waals surface area (Å²) in [6.45, 7) is 5.63. The highest BCUT2D eigenvalue weighted by molar-refractivity contribution is 6.30. The van der Waals surface area contributed by atoms with E-state index in [2.05, 4.69) is 0 Å². The molecule has 0 N–H and O–H groups in total. The zero-order valence-corrected chi connectivity index (χ0v) is 19.7. The quantitative estimate of drug-likeness (QED) is 0.308. The molecule has 0 amide bonds. The standard InChI is InChI=1S/C25H24ClF2NO5/c1-4-34-25(32)18-11-29(22(14(2)3)12-33-13-30)21-10-20(27)16(9-17(21)24(18)31)8-15-6-5-7-19(26)23(15)28/h5-7,9-11,13-14,22H,4,8,12H2,1-3H3/t22-/m1/s1. The van der Waals surface area contributed by atoms with Gasteiger partial charge in [-0.3, -0.25) is 9.59 Å². The van der Waals surface area contributed by atoms with Crippen LogP contribution >= 0.6 is 11.6 Å². The van der Waals surface area contributed by atoms with Gasteiger partial charge in [0.25, 0.3) is 6.47 Å². The van der Waals surface area contributed by atoms with E-state index >= 15 is 4.39 Å². The van der Waals surface area contributed by atoms with Gasteiger partial charge in [0, 0.05) is 18.0 Å². The number of aromatic nitrogens is 1. The molecule has 3 aromatic rings. The maximum atomic E-state index is 15.2. The molecule has 3 rings (SSSR count). The number of halogens is 3. The summed E-state index contributed by atoms with van der Waals surface area (Å²) in [5.74, 6) is -2.27. The summed E-state index contributed by atoms with van der Waals surface area (Å²) in [5, 5.41) is -0.0401. The highest BCUT2D eigenvalue weighted by Crippen LogP contribution is 2.28. The lowest BCUT2D eigenvalue weighted by atomic mass is 9.99. The first kappa shape index (κ1) is 25.4. The van der Waals surface area contributed by atoms with E-state index in [-0.39, 0.29) is 58.2 Å². The molecule has 0 saturated heterocycles. The second-order valence-corrected chi connectivity index (χ2v) is 8.50. The molecule has 2 aromatic carbocycles. The van der Waals surface area contributed by atoms with Gasteiger partial charge in [0.1, 0.15) is 23.8 Å². The minimum atomic E-state index is -0.825. The monoisotopic (exact) mass is 491 g/mol. The average Bonchev–Trinajstić information content (AvgIpc) is 2.79. The molecule has 0 bridgehead atoms. The van der Waals surface area contributed by atoms with Crippen LogP contribution in [0.1, 0.15) is 48.3 Å². The Kier molecular flexibility index (Phi) is 8.04. The van der Waals surface area contributed by atoms with Crippen LogP contribution in [-0.2, 0) is 20.7 Å². The zero-order valence-electron chi connectivity index (χ0n) is 18.9. The number of esters is 1. The molecule has 0 aliphatic rings. The minimum Gasteiger partial charge on any atom is -0.466 e. The van der Waals surface area contributed by atoms with Gasteiger partial charge in [-0.05, 0) is 42.2 Å². The maximum Gasteiger partial charge on any atom is 0.343 e. The van der Waals surface area contributed by atoms with Crippen molar-refractivity contribution in [1.29, 1.82) is 0 Å². The number of pyridine rings is 1. The molecule has 180 valence electrons. The van der Waals surface area contributed by atoms with Gasteiger partial charge < -0.3 is 14.0 Å². The van der Waals surface area contributed by atoms with Gasteiger partial charge in [-0.25, -0.2) is 13.6 Å². The third kappa shape index (κ3) is 5.12. The van der Waals surface area contributed by atoms with Gasteiger partial charge in [0.05, 0.1) is 23.2 Å². The van der Waals surface area contributed by atoms with E-state index in [0.29, 0.717) is 6.47 Å². The molecule has 1 heterocycles. The number of carbonyl (C=O) groups is 2. The van der Waals surface area contributed by atoms with Crippen LogP contribution in [0.15, 0.2) is 41.3 Å². The van der Waals surface area contributed by atoms with Gasteiger partial charge in [-0.15, -0.1) is 0 Å². The molecule has 0 aliphatic heterocycles. The third-order valence-corrected chi connectivity index (χ3v) is 5.86. The predicted molar refractivity (Wildman–Crippen MR) is 124 cm³/mol. The van der Waals surface area contributed by atoms with Crippen molar-refractivity contribution < 1.29 is 27.8 Å². The van der Waals surface area contributed by atoms with Crippen LogP contribution in [0.4, 0.5) is 8.78 Å². The van der Waals surface area contributed by atoms with Crippen LogP contribution in [0.25, 0.3) is 10.9 Å². The summed E-state index contributed by atoms with van der Waals surface area (Å²) in [4.78, 5) is 36.6. The van der Waals surface area contributed by atoms with Gasteiger partial charge >= 0.3 is 5.97 Å². The van der Waals surface area contributed by atoms with Crippen LogP contribution in [0, 0.1) is 17.6 Å². The predicted octanol–water partition coefficient (Wildman–Crippen LogP) is 5.07. The SMILES string of the molecule is CCOC(=O)c1cn([C@H](COC=O)C(C)C)c2cc(F)c(Cc3cccc(Cl)c3F)cc2c1=O. The average molecular weight is 492 g/mol. The van der Waals surface area contributed by atoms with E-state index in [1.165, 1.54) is 30.5 Å². The van der Waals surface area contributed by atoms with E-state index in [1.807, 2.05) is 13.8 Å². The number of fused-ring (bicyclic) bond motifs is 1. The van der Waals surface area contributed by atoms with Crippen LogP contribution in [0.3, 0.4) is 0 Å². The Morgan fingerprint density at radius 2 is 1.94 bits per heavy atom. The van der Waals surface area contributed by atoms with E-state index < -0.39 is 29.1 Å². The Labute approximate surface area is 200 Å². The molecule has 0 aliphatic carbocycles. The van der Waals surface area contributed by atoms with Gasteiger partial charge in [-0.2, -0.15) is 0 Å². The topological polar surface area (TPSA) is 74.6 Å². The van der Waals surface area contributed by atoms with E-state index in [4.69, 9.17) is 21.1 Å². The number of hydrogen-bond acceptors (Lipinski definition) is 5. The van der Waals surface area contributed by atoms with Gasteiger partial charge in [0.2, 0.25) is 5.43 Å². The highest BCUT2D eigenvalue weighted by atomic mass is 35.5. The molecule has 6 nitrogen and oxygen atoms in total. The second-order valence-electron chi connectivity index (χ2n) is 8.09. The molecule has 0 unspecified atom stereocenters. The third-order valence-electron chi connectivity index (χ3n) is 5.57. The molecule has 0 spiro atoms. The lowest BCUT2D eigenvalue weighted by Gasteiger charge is -2.26. The molecular weight excluding hydrogens is 468 g/mol. The molecule has 0 fully saturated rings. The number of ether oxygens (including phenoxy) is 2. The van der Waals surface area contributed by atoms with Crippen molar-refractivity contribution in [3.05, 3.63) is 80.1 Å². The second kappa shape index (κ2) is 10.8. The fourth-order valence-electron chi connectivity index (χ4n) is 3.80. The number of benzene rings is 2. The Morgan fingerprint density at radius 3 is 2.59 bits per heavy atom. The van der Waals surface area contributed by atoms with Crippen molar-refractivity contribution in [2.24, 2.45) is 5.92 Å². The Morgan fingerprint density at radius 1 is 1.21 bits per heavy atom. The number of rotatable bonds is 9. The lowest BCUT2D eigenvalue weighted by Crippen LogP contribution is -2.27. The van der Waals surface area contributed by atoms with Gasteiger partial charge in [-0.1, -0.05) is 37.6 Å². The summed E-state index contributed by atoms with van der Waals surface area (Å²) in [7, 11) is 0. The Balaban J connectivity index is 2.27. The molecule has 1 aromatic heterocycles. The van der Waals surface area contributed by atoms with Gasteiger partial charge in [0.15, 0.2) is 0 Å². The minimum absolute atomic E-state index is 0.0564. The first-order valence-electron chi connectivity index (χ1n) is 10.7. The van der Waals surface area contributed by atoms with Crippen molar-refractivity contribution in [3.63, 3.8) is 0 Å². The van der Waals surface area contributed by atoms with Crippen molar-refractivity contribution in [2.75, 3.05) is 13.2 Å². The van der Waals surface area contributed by atoms with Crippen molar-refractivity contribution >= 4 is 34.9 Å². The summed E-state index contributed by atoms with van der Waals surface area (Å²) in [6.07, 6.45) is 1.15. The number of nitrogens with zero attached hydrogens (tertiary/aromatic N) is 1. The fraction of sp³-hybridized carbons (Fsp3) is 0.320. The van der Waals surface area contributed by atoms with Crippen molar-refractivity contribution in [1.82, 2.24) is 4.57 Å². The molecule has 0 radical (unpaired) electrons. The smallest absolute Gasteiger partial charge is 0.343 e. The van der Waals surface area contributed by atoms with E-state index in [1.54, 1.807) is 17.6 Å². The van der Waals surface area contributed by atoms with Crippen LogP contribution in [-0.4, -0.2) is 30.2 Å². The molecule has 9 heteroatoms. The summed E-state index contributed by atoms with van der Waals surface area (Å²) < 4.78 is 41.1. The first-order valence-corrected chi connectivity index (χ1v) is 11.1.